The van der Waals surface area contributed by atoms with Crippen molar-refractivity contribution < 1.29 is 48.6 Å². The molecule has 0 aliphatic carbocycles. The minimum atomic E-state index is -1.36. The van der Waals surface area contributed by atoms with Gasteiger partial charge in [0.05, 0.1) is 53.7 Å². The molecule has 0 aromatic heterocycles. The third kappa shape index (κ3) is 8.00. The maximum absolute atomic E-state index is 14.5. The number of amides is 1. The van der Waals surface area contributed by atoms with E-state index in [-0.39, 0.29) is 65.7 Å². The fraction of sp³-hybridized carbons (Fsp3) is 0.907. The van der Waals surface area contributed by atoms with E-state index in [1.165, 1.54) is 0 Å². The van der Waals surface area contributed by atoms with Crippen molar-refractivity contribution in [2.75, 3.05) is 7.05 Å². The summed E-state index contributed by atoms with van der Waals surface area (Å²) in [6.45, 7) is 20.0. The molecule has 0 saturated carbocycles. The smallest absolute Gasteiger partial charge is 0.225 e. The standard InChI is InChI=1S/C43H73NO10/c1-12-30(39(48)44-11)32-16-15-24(4)37(51-32)28(8)35(46)27(7)36(47)31(13-2)38-25(5)23-26(6)42(52-38)20-17-33(45)43(54-42)22-21-40(10,53-43)34-18-19-41(49,14-3)29(9)50-34/h17,20,24-35,37-38,45-46,49H,12-16,18-19,21-23H2,1-11H3,(H,44,48). The third-order valence-corrected chi connectivity index (χ3v) is 14.7. The van der Waals surface area contributed by atoms with Gasteiger partial charge >= 0.3 is 0 Å². The second-order valence-corrected chi connectivity index (χ2v) is 18.2. The molecule has 4 N–H and O–H groups in total. The van der Waals surface area contributed by atoms with Crippen LogP contribution in [-0.2, 0) is 33.3 Å². The van der Waals surface area contributed by atoms with Crippen LogP contribution in [0.5, 0.6) is 0 Å². The predicted octanol–water partition coefficient (Wildman–Crippen LogP) is 5.85. The van der Waals surface area contributed by atoms with Crippen LogP contribution in [0.3, 0.4) is 0 Å². The quantitative estimate of drug-likeness (QED) is 0.178. The molecule has 1 amide bonds. The number of hydrogen-bond acceptors (Lipinski definition) is 10. The normalized spacial score (nSPS) is 45.5. The first-order valence-electron chi connectivity index (χ1n) is 21.3. The van der Waals surface area contributed by atoms with Gasteiger partial charge < -0.3 is 44.3 Å². The maximum Gasteiger partial charge on any atom is 0.225 e. The molecule has 18 atom stereocenters. The highest BCUT2D eigenvalue weighted by Gasteiger charge is 2.63. The van der Waals surface area contributed by atoms with E-state index in [0.29, 0.717) is 44.9 Å². The number of Topliss-reactive ketones (excluding diaryl/α,β-unsaturated/α-hetero) is 1. The molecular formula is C43H73NO10. The lowest BCUT2D eigenvalue weighted by molar-refractivity contribution is -0.409. The number of aliphatic hydroxyl groups is 3. The number of ether oxygens (including phenoxy) is 5. The Labute approximate surface area is 324 Å². The average molecular weight is 764 g/mol. The third-order valence-electron chi connectivity index (χ3n) is 14.7. The van der Waals surface area contributed by atoms with E-state index in [1.807, 2.05) is 54.5 Å². The van der Waals surface area contributed by atoms with Gasteiger partial charge in [-0.2, -0.15) is 0 Å². The molecule has 11 nitrogen and oxygen atoms in total. The lowest BCUT2D eigenvalue weighted by Crippen LogP contribution is -2.63. The van der Waals surface area contributed by atoms with Crippen LogP contribution >= 0.6 is 0 Å². The Balaban J connectivity index is 1.31. The SMILES string of the molecule is CCC(C(=O)NC)C1CCC(C)C(C(C)C(O)C(C)C(=O)C(CC)C2OC3(C=CC(O)C4(CCC(C)(C5CCC(O)(CC)C(C)O5)O4)O3)C(C)CC2C)O1. The summed E-state index contributed by atoms with van der Waals surface area (Å²) in [5.74, 6) is -4.33. The van der Waals surface area contributed by atoms with Gasteiger partial charge in [0.1, 0.15) is 11.9 Å². The Morgan fingerprint density at radius 3 is 2.20 bits per heavy atom. The number of nitrogens with one attached hydrogen (secondary N) is 1. The van der Waals surface area contributed by atoms with Crippen LogP contribution in [0, 0.1) is 41.4 Å². The molecular weight excluding hydrogens is 690 g/mol. The molecule has 5 aliphatic heterocycles. The van der Waals surface area contributed by atoms with Gasteiger partial charge in [0, 0.05) is 37.1 Å². The Hall–Kier alpha value is -1.44. The van der Waals surface area contributed by atoms with Crippen LogP contribution in [0.25, 0.3) is 0 Å². The van der Waals surface area contributed by atoms with Crippen molar-refractivity contribution in [1.29, 1.82) is 0 Å². The van der Waals surface area contributed by atoms with Crippen LogP contribution in [0.4, 0.5) is 0 Å². The van der Waals surface area contributed by atoms with Gasteiger partial charge in [0.2, 0.25) is 11.7 Å². The number of carbonyl (C=O) groups is 2. The molecule has 5 heterocycles. The summed E-state index contributed by atoms with van der Waals surface area (Å²) in [5, 5.41) is 37.1. The summed E-state index contributed by atoms with van der Waals surface area (Å²) >= 11 is 0. The van der Waals surface area contributed by atoms with Crippen LogP contribution in [0.1, 0.15) is 133 Å². The Morgan fingerprint density at radius 2 is 1.59 bits per heavy atom. The van der Waals surface area contributed by atoms with E-state index in [1.54, 1.807) is 13.1 Å². The van der Waals surface area contributed by atoms with Gasteiger partial charge in [-0.1, -0.05) is 55.4 Å². The zero-order valence-electron chi connectivity index (χ0n) is 35.0. The average Bonchev–Trinajstić information content (AvgIpc) is 3.50. The molecule has 0 radical (unpaired) electrons. The number of aliphatic hydroxyl groups excluding tert-OH is 2. The minimum absolute atomic E-state index is 0.0310. The first-order chi connectivity index (χ1) is 25.3. The molecule has 0 bridgehead atoms. The highest BCUT2D eigenvalue weighted by Crippen LogP contribution is 2.54. The van der Waals surface area contributed by atoms with Crippen LogP contribution in [-0.4, -0.2) is 99.6 Å². The molecule has 11 heteroatoms. The molecule has 4 saturated heterocycles. The van der Waals surface area contributed by atoms with Crippen molar-refractivity contribution in [2.24, 2.45) is 41.4 Å². The van der Waals surface area contributed by atoms with Gasteiger partial charge in [0.25, 0.3) is 0 Å². The number of rotatable bonds is 12. The highest BCUT2D eigenvalue weighted by molar-refractivity contribution is 5.84. The van der Waals surface area contributed by atoms with Gasteiger partial charge in [-0.25, -0.2) is 0 Å². The van der Waals surface area contributed by atoms with Crippen molar-refractivity contribution >= 4 is 11.7 Å². The Morgan fingerprint density at radius 1 is 0.907 bits per heavy atom. The number of carbonyl (C=O) groups excluding carboxylic acids is 2. The Kier molecular flexibility index (Phi) is 13.6. The minimum Gasteiger partial charge on any atom is -0.392 e. The van der Waals surface area contributed by atoms with E-state index in [2.05, 4.69) is 26.1 Å². The van der Waals surface area contributed by atoms with Gasteiger partial charge in [-0.15, -0.1) is 0 Å². The van der Waals surface area contributed by atoms with Gasteiger partial charge in [-0.3, -0.25) is 9.59 Å². The topological polar surface area (TPSA) is 153 Å². The second kappa shape index (κ2) is 16.8. The summed E-state index contributed by atoms with van der Waals surface area (Å²) in [5.41, 5.74) is -1.62. The molecule has 310 valence electrons. The lowest BCUT2D eigenvalue weighted by atomic mass is 9.72. The van der Waals surface area contributed by atoms with Gasteiger partial charge in [0.15, 0.2) is 5.79 Å². The monoisotopic (exact) mass is 764 g/mol. The molecule has 18 unspecified atom stereocenters. The fourth-order valence-corrected chi connectivity index (χ4v) is 10.7. The summed E-state index contributed by atoms with van der Waals surface area (Å²) in [7, 11) is 1.65. The number of hydrogen-bond donors (Lipinski definition) is 4. The maximum atomic E-state index is 14.5. The summed E-state index contributed by atoms with van der Waals surface area (Å²) < 4.78 is 33.7. The summed E-state index contributed by atoms with van der Waals surface area (Å²) in [6, 6.07) is 0. The van der Waals surface area contributed by atoms with E-state index < -0.39 is 52.9 Å². The van der Waals surface area contributed by atoms with E-state index in [9.17, 15) is 24.9 Å². The van der Waals surface area contributed by atoms with Crippen LogP contribution in [0.15, 0.2) is 12.2 Å². The summed E-state index contributed by atoms with van der Waals surface area (Å²) in [4.78, 5) is 27.1. The predicted molar refractivity (Wildman–Crippen MR) is 205 cm³/mol. The second-order valence-electron chi connectivity index (χ2n) is 18.2. The van der Waals surface area contributed by atoms with Crippen LogP contribution in [0.2, 0.25) is 0 Å². The van der Waals surface area contributed by atoms with E-state index in [4.69, 9.17) is 23.7 Å². The zero-order valence-corrected chi connectivity index (χ0v) is 35.0. The lowest BCUT2D eigenvalue weighted by Gasteiger charge is -2.54. The highest BCUT2D eigenvalue weighted by atomic mass is 16.8. The molecule has 5 aliphatic rings. The molecule has 54 heavy (non-hydrogen) atoms. The van der Waals surface area contributed by atoms with Gasteiger partial charge in [-0.05, 0) is 95.6 Å². The number of ketones is 1. The van der Waals surface area contributed by atoms with E-state index >= 15 is 0 Å². The van der Waals surface area contributed by atoms with Crippen molar-refractivity contribution in [3.05, 3.63) is 12.2 Å². The first kappa shape index (κ1) is 43.7. The van der Waals surface area contributed by atoms with E-state index in [0.717, 1.165) is 19.3 Å². The summed E-state index contributed by atoms with van der Waals surface area (Å²) in [6.07, 6.45) is 6.39. The van der Waals surface area contributed by atoms with Crippen molar-refractivity contribution in [3.8, 4) is 0 Å². The molecule has 5 rings (SSSR count). The van der Waals surface area contributed by atoms with Crippen molar-refractivity contribution in [2.45, 2.75) is 199 Å². The molecule has 4 fully saturated rings. The van der Waals surface area contributed by atoms with Crippen molar-refractivity contribution in [1.82, 2.24) is 5.32 Å². The zero-order chi connectivity index (χ0) is 40.0. The largest absolute Gasteiger partial charge is 0.392 e. The van der Waals surface area contributed by atoms with Crippen LogP contribution < -0.4 is 5.32 Å². The fourth-order valence-electron chi connectivity index (χ4n) is 10.7. The van der Waals surface area contributed by atoms with Crippen molar-refractivity contribution in [3.63, 3.8) is 0 Å². The molecule has 2 spiro atoms. The molecule has 0 aromatic rings. The first-order valence-corrected chi connectivity index (χ1v) is 21.3. The Bertz CT molecular complexity index is 1340. The molecule has 0 aromatic carbocycles.